The molecule has 0 aromatic heterocycles. The maximum Gasteiger partial charge on any atom is 0.245 e. The van der Waals surface area contributed by atoms with Gasteiger partial charge in [-0.25, -0.2) is 0 Å². The van der Waals surface area contributed by atoms with E-state index < -0.39 is 17.4 Å². The fraction of sp³-hybridized carbons (Fsp3) is 0.727. The molecule has 0 saturated carbocycles. The normalized spacial score (nSPS) is 12.8. The lowest BCUT2D eigenvalue weighted by Crippen LogP contribution is -2.50. The van der Waals surface area contributed by atoms with Gasteiger partial charge in [0, 0.05) is 12.5 Å². The molecule has 0 bridgehead atoms. The van der Waals surface area contributed by atoms with E-state index in [9.17, 15) is 14.4 Å². The van der Waals surface area contributed by atoms with Crippen molar-refractivity contribution in [3.8, 4) is 0 Å². The maximum absolute atomic E-state index is 11.7. The van der Waals surface area contributed by atoms with Gasteiger partial charge in [-0.3, -0.25) is 14.4 Å². The van der Waals surface area contributed by atoms with Crippen LogP contribution in [0.15, 0.2) is 0 Å². The van der Waals surface area contributed by atoms with Crippen molar-refractivity contribution in [2.75, 3.05) is 13.6 Å². The van der Waals surface area contributed by atoms with Gasteiger partial charge in [-0.05, 0) is 6.92 Å². The van der Waals surface area contributed by atoms with Crippen molar-refractivity contribution in [2.45, 2.75) is 33.7 Å². The van der Waals surface area contributed by atoms with Crippen LogP contribution in [-0.2, 0) is 14.4 Å². The molecule has 0 rings (SSSR count). The molecule has 98 valence electrons. The number of nitrogens with one attached hydrogen (secondary N) is 1. The van der Waals surface area contributed by atoms with Crippen molar-refractivity contribution >= 4 is 17.7 Å². The Balaban J connectivity index is 4.42. The van der Waals surface area contributed by atoms with Gasteiger partial charge in [0.05, 0.1) is 6.54 Å². The standard InChI is InChI=1S/C11H21N3O3/c1-7(13-10(17)11(2,3)4)9(16)14(5)6-8(12)15/h7H,6H2,1-5H3,(H2,12,15)(H,13,17)/t7-/m0/s1. The summed E-state index contributed by atoms with van der Waals surface area (Å²) >= 11 is 0. The molecule has 0 spiro atoms. The summed E-state index contributed by atoms with van der Waals surface area (Å²) in [7, 11) is 1.47. The summed E-state index contributed by atoms with van der Waals surface area (Å²) < 4.78 is 0. The number of amides is 3. The molecule has 0 fully saturated rings. The third kappa shape index (κ3) is 5.33. The van der Waals surface area contributed by atoms with Crippen LogP contribution in [0, 0.1) is 5.41 Å². The summed E-state index contributed by atoms with van der Waals surface area (Å²) in [5.41, 5.74) is 4.42. The van der Waals surface area contributed by atoms with E-state index in [0.717, 1.165) is 0 Å². The Labute approximate surface area is 102 Å². The Kier molecular flexibility index (Phi) is 5.12. The van der Waals surface area contributed by atoms with E-state index in [4.69, 9.17) is 5.73 Å². The largest absolute Gasteiger partial charge is 0.368 e. The molecule has 0 saturated heterocycles. The highest BCUT2D eigenvalue weighted by molar-refractivity contribution is 5.91. The van der Waals surface area contributed by atoms with Gasteiger partial charge in [-0.1, -0.05) is 20.8 Å². The Bertz CT molecular complexity index is 320. The first kappa shape index (κ1) is 15.4. The summed E-state index contributed by atoms with van der Waals surface area (Å²) in [5.74, 6) is -1.15. The number of nitrogens with zero attached hydrogens (tertiary/aromatic N) is 1. The van der Waals surface area contributed by atoms with Gasteiger partial charge in [-0.15, -0.1) is 0 Å². The van der Waals surface area contributed by atoms with E-state index in [2.05, 4.69) is 5.32 Å². The van der Waals surface area contributed by atoms with Crippen LogP contribution in [0.25, 0.3) is 0 Å². The molecule has 0 radical (unpaired) electrons. The van der Waals surface area contributed by atoms with Crippen LogP contribution in [0.3, 0.4) is 0 Å². The zero-order valence-electron chi connectivity index (χ0n) is 11.0. The van der Waals surface area contributed by atoms with Gasteiger partial charge in [0.2, 0.25) is 17.7 Å². The fourth-order valence-electron chi connectivity index (χ4n) is 1.12. The Morgan fingerprint density at radius 3 is 2.12 bits per heavy atom. The molecule has 17 heavy (non-hydrogen) atoms. The van der Waals surface area contributed by atoms with Gasteiger partial charge in [0.15, 0.2) is 0 Å². The molecule has 0 heterocycles. The van der Waals surface area contributed by atoms with Crippen LogP contribution < -0.4 is 11.1 Å². The summed E-state index contributed by atoms with van der Waals surface area (Å²) in [6.45, 7) is 6.68. The number of hydrogen-bond acceptors (Lipinski definition) is 3. The lowest BCUT2D eigenvalue weighted by Gasteiger charge is -2.24. The number of nitrogens with two attached hydrogens (primary N) is 1. The Morgan fingerprint density at radius 2 is 1.76 bits per heavy atom. The Morgan fingerprint density at radius 1 is 1.29 bits per heavy atom. The molecule has 6 nitrogen and oxygen atoms in total. The summed E-state index contributed by atoms with van der Waals surface area (Å²) in [4.78, 5) is 35.2. The van der Waals surface area contributed by atoms with E-state index in [1.807, 2.05) is 0 Å². The molecular weight excluding hydrogens is 222 g/mol. The Hall–Kier alpha value is -1.59. The van der Waals surface area contributed by atoms with Gasteiger partial charge in [-0.2, -0.15) is 0 Å². The van der Waals surface area contributed by atoms with E-state index in [0.29, 0.717) is 0 Å². The van der Waals surface area contributed by atoms with Crippen molar-refractivity contribution in [2.24, 2.45) is 11.1 Å². The average molecular weight is 243 g/mol. The van der Waals surface area contributed by atoms with E-state index >= 15 is 0 Å². The van der Waals surface area contributed by atoms with E-state index in [1.54, 1.807) is 27.7 Å². The number of likely N-dealkylation sites (N-methyl/N-ethyl adjacent to an activating group) is 1. The topological polar surface area (TPSA) is 92.5 Å². The molecule has 1 atom stereocenters. The highest BCUT2D eigenvalue weighted by Gasteiger charge is 2.26. The number of rotatable bonds is 4. The quantitative estimate of drug-likeness (QED) is 0.696. The van der Waals surface area contributed by atoms with Crippen molar-refractivity contribution in [3.63, 3.8) is 0 Å². The second-order valence-corrected chi connectivity index (χ2v) is 5.11. The molecule has 0 unspecified atom stereocenters. The zero-order valence-corrected chi connectivity index (χ0v) is 11.0. The second kappa shape index (κ2) is 5.65. The van der Waals surface area contributed by atoms with Crippen LogP contribution in [0.4, 0.5) is 0 Å². The molecule has 0 aliphatic carbocycles. The van der Waals surface area contributed by atoms with Crippen molar-refractivity contribution < 1.29 is 14.4 Å². The highest BCUT2D eigenvalue weighted by atomic mass is 16.2. The molecule has 0 aromatic rings. The molecule has 6 heteroatoms. The molecule has 3 amide bonds. The highest BCUT2D eigenvalue weighted by Crippen LogP contribution is 2.12. The summed E-state index contributed by atoms with van der Waals surface area (Å²) in [6, 6.07) is -0.675. The van der Waals surface area contributed by atoms with Crippen LogP contribution in [-0.4, -0.2) is 42.3 Å². The third-order valence-corrected chi connectivity index (χ3v) is 2.17. The van der Waals surface area contributed by atoms with Crippen molar-refractivity contribution in [1.29, 1.82) is 0 Å². The summed E-state index contributed by atoms with van der Waals surface area (Å²) in [5, 5.41) is 2.59. The van der Waals surface area contributed by atoms with Crippen molar-refractivity contribution in [3.05, 3.63) is 0 Å². The number of primary amides is 1. The first-order chi connectivity index (χ1) is 7.55. The van der Waals surface area contributed by atoms with E-state index in [-0.39, 0.29) is 18.4 Å². The number of carbonyl (C=O) groups is 3. The lowest BCUT2D eigenvalue weighted by molar-refractivity contribution is -0.138. The summed E-state index contributed by atoms with van der Waals surface area (Å²) in [6.07, 6.45) is 0. The average Bonchev–Trinajstić information content (AvgIpc) is 2.13. The first-order valence-electron chi connectivity index (χ1n) is 5.40. The first-order valence-corrected chi connectivity index (χ1v) is 5.40. The van der Waals surface area contributed by atoms with E-state index in [1.165, 1.54) is 11.9 Å². The monoisotopic (exact) mass is 243 g/mol. The minimum absolute atomic E-state index is 0.158. The predicted octanol–water partition coefficient (Wildman–Crippen LogP) is -0.519. The molecular formula is C11H21N3O3. The lowest BCUT2D eigenvalue weighted by atomic mass is 9.95. The van der Waals surface area contributed by atoms with Gasteiger partial charge < -0.3 is 16.0 Å². The zero-order chi connectivity index (χ0) is 13.8. The smallest absolute Gasteiger partial charge is 0.245 e. The van der Waals surface area contributed by atoms with Crippen LogP contribution in [0.1, 0.15) is 27.7 Å². The predicted molar refractivity (Wildman–Crippen MR) is 63.9 cm³/mol. The van der Waals surface area contributed by atoms with Crippen molar-refractivity contribution in [1.82, 2.24) is 10.2 Å². The molecule has 0 aromatic carbocycles. The minimum Gasteiger partial charge on any atom is -0.368 e. The SMILES string of the molecule is C[C@H](NC(=O)C(C)(C)C)C(=O)N(C)CC(N)=O. The van der Waals surface area contributed by atoms with Gasteiger partial charge in [0.1, 0.15) is 6.04 Å². The van der Waals surface area contributed by atoms with Crippen LogP contribution >= 0.6 is 0 Å². The number of hydrogen-bond donors (Lipinski definition) is 2. The molecule has 3 N–H and O–H groups in total. The molecule has 0 aliphatic heterocycles. The third-order valence-electron chi connectivity index (χ3n) is 2.17. The number of carbonyl (C=O) groups excluding carboxylic acids is 3. The minimum atomic E-state index is -0.675. The van der Waals surface area contributed by atoms with Crippen LogP contribution in [0.2, 0.25) is 0 Å². The van der Waals surface area contributed by atoms with Crippen LogP contribution in [0.5, 0.6) is 0 Å². The fourth-order valence-corrected chi connectivity index (χ4v) is 1.12. The van der Waals surface area contributed by atoms with Gasteiger partial charge in [0.25, 0.3) is 0 Å². The maximum atomic E-state index is 11.7. The van der Waals surface area contributed by atoms with Gasteiger partial charge >= 0.3 is 0 Å². The second-order valence-electron chi connectivity index (χ2n) is 5.11. The molecule has 0 aliphatic rings.